The van der Waals surface area contributed by atoms with Crippen molar-refractivity contribution in [2.75, 3.05) is 14.2 Å². The van der Waals surface area contributed by atoms with Crippen LogP contribution >= 0.6 is 0 Å². The molecule has 0 amide bonds. The molecule has 1 aliphatic carbocycles. The Hall–Kier alpha value is -1.09. The van der Waals surface area contributed by atoms with E-state index in [9.17, 15) is 0 Å². The van der Waals surface area contributed by atoms with Crippen molar-refractivity contribution in [2.45, 2.75) is 45.6 Å². The summed E-state index contributed by atoms with van der Waals surface area (Å²) in [5.41, 5.74) is 1.76. The molecule has 1 aliphatic rings. The number of rotatable bonds is 4. The normalized spacial score (nSPS) is 21.1. The minimum absolute atomic E-state index is 0.388. The van der Waals surface area contributed by atoms with Crippen molar-refractivity contribution in [3.63, 3.8) is 0 Å². The fourth-order valence-corrected chi connectivity index (χ4v) is 3.15. The maximum atomic E-state index is 5.28. The molecule has 1 fully saturated rings. The average Bonchev–Trinajstić information content (AvgIpc) is 2.41. The number of nitrogens with one attached hydrogen (secondary N) is 1. The Balaban J connectivity index is 2.11. The summed E-state index contributed by atoms with van der Waals surface area (Å²) in [6, 6.07) is 2.49. The fraction of sp³-hybridized carbons (Fsp3) is 0.688. The first-order valence-corrected chi connectivity index (χ1v) is 7.22. The second-order valence-corrected chi connectivity index (χ2v) is 6.43. The Morgan fingerprint density at radius 2 is 2.00 bits per heavy atom. The highest BCUT2D eigenvalue weighted by atomic mass is 16.5. The van der Waals surface area contributed by atoms with Gasteiger partial charge >= 0.3 is 0 Å². The lowest BCUT2D eigenvalue weighted by molar-refractivity contribution is 0.164. The van der Waals surface area contributed by atoms with Gasteiger partial charge in [-0.1, -0.05) is 13.8 Å². The first kappa shape index (κ1) is 14.3. The number of hydrogen-bond acceptors (Lipinski definition) is 3. The molecule has 1 atom stereocenters. The van der Waals surface area contributed by atoms with Crippen LogP contribution in [0.1, 0.15) is 51.1 Å². The third kappa shape index (κ3) is 3.47. The van der Waals surface area contributed by atoms with Gasteiger partial charge in [-0.2, -0.15) is 0 Å². The standard InChI is InChI=1S/C16H26N2O/c1-16(2)7-5-12(6-8-16)15(17-3)13-9-14(19-4)11-18-10-13/h9-12,15,17H,5-8H2,1-4H3. The molecule has 3 heteroatoms. The van der Waals surface area contributed by atoms with Crippen LogP contribution in [0.5, 0.6) is 5.75 Å². The van der Waals surface area contributed by atoms with Crippen LogP contribution < -0.4 is 10.1 Å². The molecule has 1 N–H and O–H groups in total. The van der Waals surface area contributed by atoms with Gasteiger partial charge in [-0.3, -0.25) is 4.98 Å². The molecule has 1 unspecified atom stereocenters. The van der Waals surface area contributed by atoms with Gasteiger partial charge in [0.1, 0.15) is 5.75 Å². The third-order valence-electron chi connectivity index (χ3n) is 4.50. The van der Waals surface area contributed by atoms with E-state index in [1.165, 1.54) is 31.2 Å². The zero-order valence-electron chi connectivity index (χ0n) is 12.6. The van der Waals surface area contributed by atoms with Gasteiger partial charge in [0.15, 0.2) is 0 Å². The minimum atomic E-state index is 0.388. The van der Waals surface area contributed by atoms with E-state index >= 15 is 0 Å². The number of methoxy groups -OCH3 is 1. The van der Waals surface area contributed by atoms with E-state index in [1.807, 2.05) is 13.2 Å². The number of nitrogens with zero attached hydrogens (tertiary/aromatic N) is 1. The van der Waals surface area contributed by atoms with Crippen LogP contribution in [0.15, 0.2) is 18.5 Å². The summed E-state index contributed by atoms with van der Waals surface area (Å²) in [5.74, 6) is 1.54. The molecular formula is C16H26N2O. The van der Waals surface area contributed by atoms with Crippen molar-refractivity contribution in [2.24, 2.45) is 11.3 Å². The van der Waals surface area contributed by atoms with Crippen molar-refractivity contribution < 1.29 is 4.74 Å². The van der Waals surface area contributed by atoms with E-state index in [4.69, 9.17) is 4.74 Å². The van der Waals surface area contributed by atoms with Gasteiger partial charge in [0.2, 0.25) is 0 Å². The second-order valence-electron chi connectivity index (χ2n) is 6.43. The molecule has 0 aromatic carbocycles. The lowest BCUT2D eigenvalue weighted by Crippen LogP contribution is -2.31. The van der Waals surface area contributed by atoms with Gasteiger partial charge in [-0.25, -0.2) is 0 Å². The van der Waals surface area contributed by atoms with Crippen molar-refractivity contribution in [1.29, 1.82) is 0 Å². The number of pyridine rings is 1. The van der Waals surface area contributed by atoms with Gasteiger partial charge in [-0.05, 0) is 55.7 Å². The first-order valence-electron chi connectivity index (χ1n) is 7.22. The monoisotopic (exact) mass is 262 g/mol. The molecule has 106 valence electrons. The smallest absolute Gasteiger partial charge is 0.137 e. The van der Waals surface area contributed by atoms with E-state index in [0.717, 1.165) is 5.75 Å². The lowest BCUT2D eigenvalue weighted by atomic mass is 9.70. The molecule has 0 aliphatic heterocycles. The number of ether oxygens (including phenoxy) is 1. The summed E-state index contributed by atoms with van der Waals surface area (Å²) in [4.78, 5) is 4.28. The molecule has 0 radical (unpaired) electrons. The van der Waals surface area contributed by atoms with Crippen molar-refractivity contribution in [1.82, 2.24) is 10.3 Å². The summed E-state index contributed by atoms with van der Waals surface area (Å²) < 4.78 is 5.28. The SMILES string of the molecule is CNC(c1cncc(OC)c1)C1CCC(C)(C)CC1. The summed E-state index contributed by atoms with van der Waals surface area (Å²) >= 11 is 0. The van der Waals surface area contributed by atoms with Gasteiger partial charge in [0.25, 0.3) is 0 Å². The van der Waals surface area contributed by atoms with Gasteiger partial charge < -0.3 is 10.1 Å². The predicted octanol–water partition coefficient (Wildman–Crippen LogP) is 3.57. The van der Waals surface area contributed by atoms with E-state index in [1.54, 1.807) is 13.3 Å². The van der Waals surface area contributed by atoms with Crippen LogP contribution in [-0.2, 0) is 0 Å². The lowest BCUT2D eigenvalue weighted by Gasteiger charge is -2.38. The summed E-state index contributed by atoms with van der Waals surface area (Å²) in [5, 5.41) is 3.47. The Labute approximate surface area is 116 Å². The zero-order chi connectivity index (χ0) is 13.9. The van der Waals surface area contributed by atoms with Crippen molar-refractivity contribution in [3.8, 4) is 5.75 Å². The van der Waals surface area contributed by atoms with E-state index in [2.05, 4.69) is 30.2 Å². The van der Waals surface area contributed by atoms with E-state index in [0.29, 0.717) is 17.4 Å². The topological polar surface area (TPSA) is 34.2 Å². The molecule has 19 heavy (non-hydrogen) atoms. The summed E-state index contributed by atoms with van der Waals surface area (Å²) in [7, 11) is 3.74. The van der Waals surface area contributed by atoms with Crippen LogP contribution in [0, 0.1) is 11.3 Å². The molecule has 0 bridgehead atoms. The second kappa shape index (κ2) is 5.91. The van der Waals surface area contributed by atoms with Crippen LogP contribution in [0.3, 0.4) is 0 Å². The number of aromatic nitrogens is 1. The zero-order valence-corrected chi connectivity index (χ0v) is 12.6. The van der Waals surface area contributed by atoms with Gasteiger partial charge in [-0.15, -0.1) is 0 Å². The van der Waals surface area contributed by atoms with Gasteiger partial charge in [0.05, 0.1) is 13.3 Å². The van der Waals surface area contributed by atoms with E-state index < -0.39 is 0 Å². The van der Waals surface area contributed by atoms with Crippen molar-refractivity contribution in [3.05, 3.63) is 24.0 Å². The largest absolute Gasteiger partial charge is 0.495 e. The molecule has 0 saturated heterocycles. The average molecular weight is 262 g/mol. The molecule has 1 saturated carbocycles. The van der Waals surface area contributed by atoms with Crippen LogP contribution in [0.2, 0.25) is 0 Å². The molecule has 1 heterocycles. The maximum Gasteiger partial charge on any atom is 0.137 e. The Bertz CT molecular complexity index is 407. The molecule has 0 spiro atoms. The predicted molar refractivity (Wildman–Crippen MR) is 78.3 cm³/mol. The molecule has 2 rings (SSSR count). The molecular weight excluding hydrogens is 236 g/mol. The first-order chi connectivity index (χ1) is 9.05. The van der Waals surface area contributed by atoms with Crippen molar-refractivity contribution >= 4 is 0 Å². The Kier molecular flexibility index (Phi) is 4.46. The molecule has 3 nitrogen and oxygen atoms in total. The number of hydrogen-bond donors (Lipinski definition) is 1. The van der Waals surface area contributed by atoms with E-state index in [-0.39, 0.29) is 0 Å². The quantitative estimate of drug-likeness (QED) is 0.900. The maximum absolute atomic E-state index is 5.28. The highest BCUT2D eigenvalue weighted by Crippen LogP contribution is 2.42. The molecule has 1 aromatic rings. The molecule has 1 aromatic heterocycles. The van der Waals surface area contributed by atoms with Gasteiger partial charge in [0, 0.05) is 12.2 Å². The van der Waals surface area contributed by atoms with Crippen LogP contribution in [0.4, 0.5) is 0 Å². The fourth-order valence-electron chi connectivity index (χ4n) is 3.15. The highest BCUT2D eigenvalue weighted by Gasteiger charge is 2.31. The Morgan fingerprint density at radius 3 is 2.58 bits per heavy atom. The van der Waals surface area contributed by atoms with Crippen LogP contribution in [-0.4, -0.2) is 19.1 Å². The minimum Gasteiger partial charge on any atom is -0.495 e. The third-order valence-corrected chi connectivity index (χ3v) is 4.50. The summed E-state index contributed by atoms with van der Waals surface area (Å²) in [6.45, 7) is 4.76. The highest BCUT2D eigenvalue weighted by molar-refractivity contribution is 5.26. The Morgan fingerprint density at radius 1 is 1.32 bits per heavy atom. The van der Waals surface area contributed by atoms with Crippen LogP contribution in [0.25, 0.3) is 0 Å². The summed E-state index contributed by atoms with van der Waals surface area (Å²) in [6.07, 6.45) is 8.93.